The Hall–Kier alpha value is -2.84. The van der Waals surface area contributed by atoms with Gasteiger partial charge in [-0.3, -0.25) is 4.79 Å². The highest BCUT2D eigenvalue weighted by Gasteiger charge is 2.40. The first-order valence-corrected chi connectivity index (χ1v) is 7.38. The molecule has 0 aliphatic rings. The molecular weight excluding hydrogens is 339 g/mol. The molecule has 0 saturated carbocycles. The van der Waals surface area contributed by atoms with Gasteiger partial charge in [-0.15, -0.1) is 0 Å². The fraction of sp³-hybridized carbons (Fsp3) is 0.312. The van der Waals surface area contributed by atoms with Gasteiger partial charge in [0.05, 0.1) is 11.9 Å². The summed E-state index contributed by atoms with van der Waals surface area (Å²) in [5, 5.41) is 15.1. The van der Waals surface area contributed by atoms with Gasteiger partial charge in [0.25, 0.3) is 0 Å². The molecule has 9 heteroatoms. The topological polar surface area (TPSA) is 84.2 Å². The number of hydrogen-bond acceptors (Lipinski definition) is 3. The van der Waals surface area contributed by atoms with Crippen molar-refractivity contribution in [2.24, 2.45) is 5.92 Å². The summed E-state index contributed by atoms with van der Waals surface area (Å²) in [7, 11) is 0. The SMILES string of the molecule is CC(C)CC(=O)Nc1cccc(-n2ncc(C(=O)O)c2C(F)(F)F)c1. The lowest BCUT2D eigenvalue weighted by Crippen LogP contribution is -2.18. The van der Waals surface area contributed by atoms with Crippen molar-refractivity contribution in [1.82, 2.24) is 9.78 Å². The van der Waals surface area contributed by atoms with E-state index in [9.17, 15) is 22.8 Å². The summed E-state index contributed by atoms with van der Waals surface area (Å²) in [6.07, 6.45) is -3.99. The Morgan fingerprint density at radius 3 is 2.56 bits per heavy atom. The second-order valence-corrected chi connectivity index (χ2v) is 5.82. The van der Waals surface area contributed by atoms with Crippen LogP contribution in [0.2, 0.25) is 0 Å². The van der Waals surface area contributed by atoms with Gasteiger partial charge in [-0.25, -0.2) is 9.48 Å². The average Bonchev–Trinajstić information content (AvgIpc) is 2.91. The summed E-state index contributed by atoms with van der Waals surface area (Å²) >= 11 is 0. The van der Waals surface area contributed by atoms with Crippen LogP contribution in [0.3, 0.4) is 0 Å². The number of halogens is 3. The second-order valence-electron chi connectivity index (χ2n) is 5.82. The van der Waals surface area contributed by atoms with Crippen molar-refractivity contribution in [3.63, 3.8) is 0 Å². The predicted octanol–water partition coefficient (Wildman–Crippen LogP) is 3.57. The zero-order valence-electron chi connectivity index (χ0n) is 13.5. The molecule has 2 aromatic rings. The van der Waals surface area contributed by atoms with Crippen LogP contribution in [0.15, 0.2) is 30.5 Å². The third-order valence-electron chi connectivity index (χ3n) is 3.24. The van der Waals surface area contributed by atoms with Gasteiger partial charge in [-0.05, 0) is 24.1 Å². The number of anilines is 1. The average molecular weight is 355 g/mol. The largest absolute Gasteiger partial charge is 0.478 e. The minimum Gasteiger partial charge on any atom is -0.478 e. The van der Waals surface area contributed by atoms with Gasteiger partial charge in [0.15, 0.2) is 5.69 Å². The first-order valence-electron chi connectivity index (χ1n) is 7.38. The smallest absolute Gasteiger partial charge is 0.434 e. The summed E-state index contributed by atoms with van der Waals surface area (Å²) in [5.74, 6) is -1.86. The van der Waals surface area contributed by atoms with Crippen LogP contribution in [0, 0.1) is 5.92 Å². The predicted molar refractivity (Wildman–Crippen MR) is 83.6 cm³/mol. The van der Waals surface area contributed by atoms with Gasteiger partial charge in [-0.1, -0.05) is 19.9 Å². The van der Waals surface area contributed by atoms with Gasteiger partial charge in [-0.2, -0.15) is 18.3 Å². The Balaban J connectivity index is 2.42. The molecule has 25 heavy (non-hydrogen) atoms. The van der Waals surface area contributed by atoms with Crippen molar-refractivity contribution >= 4 is 17.6 Å². The van der Waals surface area contributed by atoms with Crippen LogP contribution in [0.25, 0.3) is 5.69 Å². The Bertz CT molecular complexity index is 797. The van der Waals surface area contributed by atoms with Gasteiger partial charge >= 0.3 is 12.1 Å². The molecule has 2 rings (SSSR count). The molecule has 1 aromatic heterocycles. The molecule has 0 fully saturated rings. The summed E-state index contributed by atoms with van der Waals surface area (Å²) < 4.78 is 40.2. The number of carboxylic acid groups (broad SMARTS) is 1. The Labute approximate surface area is 141 Å². The van der Waals surface area contributed by atoms with E-state index >= 15 is 0 Å². The zero-order chi connectivity index (χ0) is 18.8. The van der Waals surface area contributed by atoms with E-state index in [0.29, 0.717) is 16.6 Å². The molecule has 6 nitrogen and oxygen atoms in total. The van der Waals surface area contributed by atoms with Crippen LogP contribution in [0.4, 0.5) is 18.9 Å². The summed E-state index contributed by atoms with van der Waals surface area (Å²) in [6, 6.07) is 5.61. The van der Waals surface area contributed by atoms with Gasteiger partial charge in [0.2, 0.25) is 5.91 Å². The van der Waals surface area contributed by atoms with E-state index in [-0.39, 0.29) is 23.9 Å². The molecule has 134 valence electrons. The van der Waals surface area contributed by atoms with E-state index in [2.05, 4.69) is 10.4 Å². The molecule has 0 spiro atoms. The molecule has 0 saturated heterocycles. The van der Waals surface area contributed by atoms with Crippen LogP contribution in [-0.2, 0) is 11.0 Å². The molecule has 1 aromatic carbocycles. The lowest BCUT2D eigenvalue weighted by molar-refractivity contribution is -0.143. The highest BCUT2D eigenvalue weighted by atomic mass is 19.4. The minimum absolute atomic E-state index is 0.0119. The molecule has 0 aliphatic heterocycles. The van der Waals surface area contributed by atoms with Crippen molar-refractivity contribution in [1.29, 1.82) is 0 Å². The van der Waals surface area contributed by atoms with E-state index in [1.165, 1.54) is 24.3 Å². The number of nitrogens with zero attached hydrogens (tertiary/aromatic N) is 2. The molecule has 1 amide bonds. The highest BCUT2D eigenvalue weighted by molar-refractivity contribution is 5.91. The van der Waals surface area contributed by atoms with E-state index in [1.807, 2.05) is 13.8 Å². The first kappa shape index (κ1) is 18.5. The maximum Gasteiger partial charge on any atom is 0.434 e. The number of aromatic nitrogens is 2. The minimum atomic E-state index is -4.90. The van der Waals surface area contributed by atoms with Gasteiger partial charge in [0.1, 0.15) is 5.56 Å². The van der Waals surface area contributed by atoms with E-state index in [1.54, 1.807) is 0 Å². The molecule has 0 bridgehead atoms. The third kappa shape index (κ3) is 4.37. The van der Waals surface area contributed by atoms with Crippen molar-refractivity contribution in [2.75, 3.05) is 5.32 Å². The fourth-order valence-corrected chi connectivity index (χ4v) is 2.27. The van der Waals surface area contributed by atoms with Crippen molar-refractivity contribution in [3.8, 4) is 5.69 Å². The number of carboxylic acids is 1. The molecule has 2 N–H and O–H groups in total. The lowest BCUT2D eigenvalue weighted by Gasteiger charge is -2.13. The number of hydrogen-bond donors (Lipinski definition) is 2. The Morgan fingerprint density at radius 1 is 1.32 bits per heavy atom. The molecule has 0 unspecified atom stereocenters. The van der Waals surface area contributed by atoms with E-state index < -0.39 is 23.4 Å². The van der Waals surface area contributed by atoms with Crippen LogP contribution in [0.1, 0.15) is 36.3 Å². The normalized spacial score (nSPS) is 11.6. The first-order chi connectivity index (χ1) is 11.6. The number of aromatic carboxylic acids is 1. The number of carbonyl (C=O) groups excluding carboxylic acids is 1. The van der Waals surface area contributed by atoms with Crippen LogP contribution in [-0.4, -0.2) is 26.8 Å². The lowest BCUT2D eigenvalue weighted by atomic mass is 10.1. The molecule has 0 aliphatic carbocycles. The Kier molecular flexibility index (Phi) is 5.15. The summed E-state index contributed by atoms with van der Waals surface area (Å²) in [5.41, 5.74) is -2.04. The monoisotopic (exact) mass is 355 g/mol. The third-order valence-corrected chi connectivity index (χ3v) is 3.24. The van der Waals surface area contributed by atoms with E-state index in [4.69, 9.17) is 5.11 Å². The van der Waals surface area contributed by atoms with Crippen molar-refractivity contribution < 1.29 is 27.9 Å². The summed E-state index contributed by atoms with van der Waals surface area (Å²) in [6.45, 7) is 3.73. The number of nitrogens with one attached hydrogen (secondary N) is 1. The molecule has 0 atom stereocenters. The number of alkyl halides is 3. The number of rotatable bonds is 5. The van der Waals surface area contributed by atoms with Gasteiger partial charge in [0, 0.05) is 12.1 Å². The van der Waals surface area contributed by atoms with Crippen LogP contribution < -0.4 is 5.32 Å². The van der Waals surface area contributed by atoms with Gasteiger partial charge < -0.3 is 10.4 Å². The van der Waals surface area contributed by atoms with Crippen molar-refractivity contribution in [2.45, 2.75) is 26.4 Å². The molecule has 1 heterocycles. The maximum absolute atomic E-state index is 13.2. The summed E-state index contributed by atoms with van der Waals surface area (Å²) in [4.78, 5) is 22.8. The van der Waals surface area contributed by atoms with Crippen LogP contribution in [0.5, 0.6) is 0 Å². The number of amides is 1. The zero-order valence-corrected chi connectivity index (χ0v) is 13.5. The second kappa shape index (κ2) is 6.96. The van der Waals surface area contributed by atoms with E-state index in [0.717, 1.165) is 0 Å². The molecule has 0 radical (unpaired) electrons. The molecular formula is C16H16F3N3O3. The maximum atomic E-state index is 13.2. The van der Waals surface area contributed by atoms with Crippen LogP contribution >= 0.6 is 0 Å². The standard InChI is InChI=1S/C16H16F3N3O3/c1-9(2)6-13(23)21-10-4-3-5-11(7-10)22-14(16(17,18)19)12(8-20-22)15(24)25/h3-5,7-9H,6H2,1-2H3,(H,21,23)(H,24,25). The quantitative estimate of drug-likeness (QED) is 0.859. The highest BCUT2D eigenvalue weighted by Crippen LogP contribution is 2.34. The number of carbonyl (C=O) groups is 2. The van der Waals surface area contributed by atoms with Crippen molar-refractivity contribution in [3.05, 3.63) is 41.7 Å². The fourth-order valence-electron chi connectivity index (χ4n) is 2.27. The Morgan fingerprint density at radius 2 is 2.00 bits per heavy atom. The number of benzene rings is 1.